The summed E-state index contributed by atoms with van der Waals surface area (Å²) in [4.78, 5) is 14.3. The first kappa shape index (κ1) is 17.2. The van der Waals surface area contributed by atoms with Crippen molar-refractivity contribution in [3.05, 3.63) is 36.4 Å². The van der Waals surface area contributed by atoms with E-state index in [1.54, 1.807) is 25.2 Å². The van der Waals surface area contributed by atoms with Gasteiger partial charge in [-0.3, -0.25) is 4.90 Å². The summed E-state index contributed by atoms with van der Waals surface area (Å²) < 4.78 is 6.30. The minimum absolute atomic E-state index is 0.237. The molecule has 0 fully saturated rings. The summed E-state index contributed by atoms with van der Waals surface area (Å²) in [6.45, 7) is 5.44. The van der Waals surface area contributed by atoms with E-state index >= 15 is 0 Å². The molecule has 130 valence electrons. The van der Waals surface area contributed by atoms with Crippen LogP contribution in [0.2, 0.25) is 0 Å². The molecule has 0 aliphatic rings. The molecular formula is C18H19N3O3S. The number of phenolic OH excluding ortho intramolecular Hbond substituents is 1. The van der Waals surface area contributed by atoms with E-state index in [2.05, 4.69) is 10.2 Å². The second-order valence-electron chi connectivity index (χ2n) is 6.65. The first-order valence-corrected chi connectivity index (χ1v) is 8.58. The van der Waals surface area contributed by atoms with Gasteiger partial charge >= 0.3 is 6.09 Å². The fourth-order valence-electron chi connectivity index (χ4n) is 2.21. The van der Waals surface area contributed by atoms with Crippen LogP contribution in [0.3, 0.4) is 0 Å². The quantitative estimate of drug-likeness (QED) is 0.734. The van der Waals surface area contributed by atoms with E-state index in [9.17, 15) is 9.90 Å². The van der Waals surface area contributed by atoms with Gasteiger partial charge in [-0.2, -0.15) is 0 Å². The summed E-state index contributed by atoms with van der Waals surface area (Å²) in [6.07, 6.45) is -0.480. The van der Waals surface area contributed by atoms with Gasteiger partial charge in [0.1, 0.15) is 17.0 Å². The van der Waals surface area contributed by atoms with Crippen LogP contribution in [0.1, 0.15) is 20.8 Å². The van der Waals surface area contributed by atoms with Gasteiger partial charge in [0.15, 0.2) is 5.82 Å². The van der Waals surface area contributed by atoms with Crippen LogP contribution in [0.4, 0.5) is 10.6 Å². The Morgan fingerprint density at radius 1 is 1.16 bits per heavy atom. The van der Waals surface area contributed by atoms with E-state index in [4.69, 9.17) is 4.74 Å². The van der Waals surface area contributed by atoms with Crippen molar-refractivity contribution in [2.45, 2.75) is 26.4 Å². The zero-order valence-electron chi connectivity index (χ0n) is 14.5. The third kappa shape index (κ3) is 3.88. The van der Waals surface area contributed by atoms with Gasteiger partial charge < -0.3 is 9.84 Å². The van der Waals surface area contributed by atoms with E-state index in [1.807, 2.05) is 39.0 Å². The summed E-state index contributed by atoms with van der Waals surface area (Å²) in [7, 11) is 1.60. The van der Waals surface area contributed by atoms with Crippen molar-refractivity contribution < 1.29 is 14.6 Å². The Kier molecular flexibility index (Phi) is 4.34. The van der Waals surface area contributed by atoms with E-state index in [-0.39, 0.29) is 5.75 Å². The molecular weight excluding hydrogens is 338 g/mol. The van der Waals surface area contributed by atoms with Crippen LogP contribution < -0.4 is 4.90 Å². The van der Waals surface area contributed by atoms with Gasteiger partial charge in [-0.25, -0.2) is 4.79 Å². The molecule has 0 unspecified atom stereocenters. The standard InChI is InChI=1S/C18H19N3O3S/c1-18(2,3)24-17(23)21(4)16-8-7-13(19-20-16)15-9-11-5-6-12(22)10-14(11)25-15/h5-10,22H,1-4H3. The highest BCUT2D eigenvalue weighted by Gasteiger charge is 2.21. The highest BCUT2D eigenvalue weighted by Crippen LogP contribution is 2.34. The number of carbonyl (C=O) groups is 1. The first-order chi connectivity index (χ1) is 11.7. The highest BCUT2D eigenvalue weighted by atomic mass is 32.1. The normalized spacial score (nSPS) is 11.5. The van der Waals surface area contributed by atoms with Crippen molar-refractivity contribution >= 4 is 33.3 Å². The van der Waals surface area contributed by atoms with Gasteiger partial charge in [0.05, 0.1) is 4.88 Å². The molecule has 6 nitrogen and oxygen atoms in total. The highest BCUT2D eigenvalue weighted by molar-refractivity contribution is 7.22. The molecule has 25 heavy (non-hydrogen) atoms. The number of rotatable bonds is 2. The number of amides is 1. The molecule has 1 amide bonds. The maximum Gasteiger partial charge on any atom is 0.415 e. The number of phenols is 1. The summed E-state index contributed by atoms with van der Waals surface area (Å²) in [5, 5.41) is 18.9. The number of hydrogen-bond acceptors (Lipinski definition) is 6. The van der Waals surface area contributed by atoms with Crippen molar-refractivity contribution in [3.63, 3.8) is 0 Å². The number of fused-ring (bicyclic) bond motifs is 1. The van der Waals surface area contributed by atoms with Crippen molar-refractivity contribution in [3.8, 4) is 16.3 Å². The number of ether oxygens (including phenoxy) is 1. The van der Waals surface area contributed by atoms with Gasteiger partial charge in [-0.15, -0.1) is 21.5 Å². The zero-order valence-corrected chi connectivity index (χ0v) is 15.3. The SMILES string of the molecule is CN(C(=O)OC(C)(C)C)c1ccc(-c2cc3ccc(O)cc3s2)nn1. The fraction of sp³-hybridized carbons (Fsp3) is 0.278. The minimum atomic E-state index is -0.568. The van der Waals surface area contributed by atoms with Crippen LogP contribution in [-0.2, 0) is 4.74 Å². The fourth-order valence-corrected chi connectivity index (χ4v) is 3.27. The van der Waals surface area contributed by atoms with Gasteiger partial charge in [0.25, 0.3) is 0 Å². The monoisotopic (exact) mass is 357 g/mol. The van der Waals surface area contributed by atoms with Crippen LogP contribution in [-0.4, -0.2) is 34.0 Å². The summed E-state index contributed by atoms with van der Waals surface area (Å²) in [6, 6.07) is 10.8. The summed E-state index contributed by atoms with van der Waals surface area (Å²) in [5.74, 6) is 0.651. The second-order valence-corrected chi connectivity index (χ2v) is 7.73. The maximum absolute atomic E-state index is 12.1. The Morgan fingerprint density at radius 2 is 1.92 bits per heavy atom. The van der Waals surface area contributed by atoms with Gasteiger partial charge in [0, 0.05) is 11.7 Å². The molecule has 2 aromatic heterocycles. The molecule has 0 radical (unpaired) electrons. The van der Waals surface area contributed by atoms with Crippen molar-refractivity contribution in [1.82, 2.24) is 10.2 Å². The average Bonchev–Trinajstić information content (AvgIpc) is 2.95. The number of carbonyl (C=O) groups excluding carboxylic acids is 1. The molecule has 0 saturated carbocycles. The lowest BCUT2D eigenvalue weighted by Crippen LogP contribution is -2.34. The number of aromatic nitrogens is 2. The number of thiophene rings is 1. The minimum Gasteiger partial charge on any atom is -0.508 e. The summed E-state index contributed by atoms with van der Waals surface area (Å²) in [5.41, 5.74) is 0.142. The number of anilines is 1. The van der Waals surface area contributed by atoms with Crippen LogP contribution in [0.5, 0.6) is 5.75 Å². The number of aromatic hydroxyl groups is 1. The predicted octanol–water partition coefficient (Wildman–Crippen LogP) is 4.44. The number of nitrogens with zero attached hydrogens (tertiary/aromatic N) is 3. The molecule has 1 N–H and O–H groups in total. The Morgan fingerprint density at radius 3 is 2.56 bits per heavy atom. The molecule has 0 aliphatic carbocycles. The Bertz CT molecular complexity index is 913. The lowest BCUT2D eigenvalue weighted by Gasteiger charge is -2.23. The van der Waals surface area contributed by atoms with Crippen LogP contribution >= 0.6 is 11.3 Å². The van der Waals surface area contributed by atoms with Crippen LogP contribution in [0.25, 0.3) is 20.7 Å². The topological polar surface area (TPSA) is 75.6 Å². The first-order valence-electron chi connectivity index (χ1n) is 7.76. The maximum atomic E-state index is 12.1. The third-order valence-corrected chi connectivity index (χ3v) is 4.54. The molecule has 0 saturated heterocycles. The number of hydrogen-bond donors (Lipinski definition) is 1. The lowest BCUT2D eigenvalue weighted by molar-refractivity contribution is 0.0588. The predicted molar refractivity (Wildman–Crippen MR) is 99.2 cm³/mol. The summed E-state index contributed by atoms with van der Waals surface area (Å²) >= 11 is 1.53. The van der Waals surface area contributed by atoms with E-state index in [0.29, 0.717) is 11.5 Å². The van der Waals surface area contributed by atoms with E-state index in [0.717, 1.165) is 15.0 Å². The molecule has 0 aliphatic heterocycles. The Labute approximate surface area is 149 Å². The molecule has 0 atom stereocenters. The number of benzene rings is 1. The van der Waals surface area contributed by atoms with Gasteiger partial charge in [-0.1, -0.05) is 0 Å². The lowest BCUT2D eigenvalue weighted by atomic mass is 10.2. The van der Waals surface area contributed by atoms with Crippen molar-refractivity contribution in [2.75, 3.05) is 11.9 Å². The molecule has 3 rings (SSSR count). The average molecular weight is 357 g/mol. The van der Waals surface area contributed by atoms with Gasteiger partial charge in [-0.05, 0) is 62.6 Å². The molecule has 0 spiro atoms. The molecule has 0 bridgehead atoms. The van der Waals surface area contributed by atoms with Crippen molar-refractivity contribution in [1.29, 1.82) is 0 Å². The van der Waals surface area contributed by atoms with Gasteiger partial charge in [0.2, 0.25) is 0 Å². The van der Waals surface area contributed by atoms with Crippen molar-refractivity contribution in [2.24, 2.45) is 0 Å². The molecule has 3 aromatic rings. The molecule has 2 heterocycles. The zero-order chi connectivity index (χ0) is 18.2. The largest absolute Gasteiger partial charge is 0.508 e. The van der Waals surface area contributed by atoms with E-state index in [1.165, 1.54) is 16.2 Å². The van der Waals surface area contributed by atoms with Crippen LogP contribution in [0.15, 0.2) is 36.4 Å². The molecule has 7 heteroatoms. The third-order valence-electron chi connectivity index (χ3n) is 3.42. The smallest absolute Gasteiger partial charge is 0.415 e. The Balaban J connectivity index is 1.82. The molecule has 1 aromatic carbocycles. The Hall–Kier alpha value is -2.67. The van der Waals surface area contributed by atoms with E-state index < -0.39 is 11.7 Å². The second kappa shape index (κ2) is 6.33. The van der Waals surface area contributed by atoms with Crippen LogP contribution in [0, 0.1) is 0 Å².